The van der Waals surface area contributed by atoms with Crippen LogP contribution >= 0.6 is 166 Å². The largest absolute Gasteiger partial charge is 0.382 e. The van der Waals surface area contributed by atoms with E-state index >= 15 is 0 Å². The van der Waals surface area contributed by atoms with Gasteiger partial charge in [-0.15, -0.1) is 24.0 Å². The molecule has 4 unspecified atom stereocenters. The van der Waals surface area contributed by atoms with Gasteiger partial charge >= 0.3 is 0 Å². The minimum Gasteiger partial charge on any atom is -0.382 e. The highest BCUT2D eigenvalue weighted by atomic mass is 127. The molecule has 0 radical (unpaired) electrons. The smallest absolute Gasteiger partial charge is 0.280 e. The molecule has 0 saturated heterocycles. The Labute approximate surface area is 886 Å². The number of guanidine groups is 5. The van der Waals surface area contributed by atoms with Crippen LogP contribution in [0, 0.1) is 5.41 Å². The molecule has 0 aliphatic rings. The second-order valence-corrected chi connectivity index (χ2v) is 32.4. The molecule has 7 amide bonds. The maximum atomic E-state index is 12.4. The number of amidine groups is 2. The molecule has 57 nitrogen and oxygen atoms in total. The van der Waals surface area contributed by atoms with E-state index in [1.165, 1.54) is 24.6 Å². The van der Waals surface area contributed by atoms with Gasteiger partial charge in [0, 0.05) is 39.4 Å². The molecular weight excluding hydrogens is 2230 g/mol. The summed E-state index contributed by atoms with van der Waals surface area (Å²) in [6.45, 7) is 7.82. The third-order valence-corrected chi connectivity index (χ3v) is 20.8. The zero-order valence-corrected chi connectivity index (χ0v) is 91.0. The molecule has 4 atom stereocenters. The molecule has 0 aliphatic heterocycles. The van der Waals surface area contributed by atoms with Crippen LogP contribution in [0.2, 0.25) is 36.1 Å². The molecule has 7 heterocycles. The lowest BCUT2D eigenvalue weighted by Crippen LogP contribution is -2.38. The summed E-state index contributed by atoms with van der Waals surface area (Å²) in [4.78, 5) is 158. The summed E-state index contributed by atoms with van der Waals surface area (Å²) in [5.41, 5.74) is 102. The number of aliphatic imine (C=N–C) groups is 5. The molecule has 0 fully saturated rings. The SMILES string of the molecule is CCCCN.CCCCN=C(NP)NC(=O)c1nc(Cl)c(N)nc1N.CSC(=N)NC(=O)c1nc(Cl)c(N)nc1N.CSC(=NP)NC(=O)c1nc(Cl)c(N)nc1N.I.NC(=NCCCCCCCCCN=C(N)NC(=O)c1nc(Cl)c(N)nc1N)NC(=O)c1nc(Cl)c(N)nc1N.NCN.Nc1nc(N)c(C(=O)NC(=NCCCCCCCCCN=C(NP)NC(=O)c2nc(Cl)c(N)nc2N)NP)nc1Cl. The quantitative estimate of drug-likeness (QED) is 0.00718. The summed E-state index contributed by atoms with van der Waals surface area (Å²) in [7, 11) is 8.93. The fourth-order valence-corrected chi connectivity index (χ4v) is 11.9. The van der Waals surface area contributed by atoms with E-state index in [0.29, 0.717) is 43.9 Å². The van der Waals surface area contributed by atoms with Crippen LogP contribution in [0.4, 0.5) is 81.5 Å². The highest BCUT2D eigenvalue weighted by Gasteiger charge is 2.25. The molecule has 71 heteroatoms. The molecular formula is C71H120Cl7IN50O7P4S2. The third-order valence-electron chi connectivity index (χ3n) is 16.5. The average Bonchev–Trinajstić information content (AvgIpc) is 0.862. The Kier molecular flexibility index (Phi) is 67.2. The van der Waals surface area contributed by atoms with Crippen molar-refractivity contribution in [1.82, 2.24) is 122 Å². The molecule has 142 heavy (non-hydrogen) atoms. The van der Waals surface area contributed by atoms with Crippen molar-refractivity contribution >= 4 is 329 Å². The van der Waals surface area contributed by atoms with Crippen LogP contribution < -0.4 is 161 Å². The van der Waals surface area contributed by atoms with Gasteiger partial charge in [-0.1, -0.05) is 196 Å². The summed E-state index contributed by atoms with van der Waals surface area (Å²) in [5.74, 6) is -4.91. The van der Waals surface area contributed by atoms with E-state index in [-0.39, 0.29) is 217 Å². The topological polar surface area (TPSA) is 1010 Å². The predicted molar refractivity (Wildman–Crippen MR) is 596 cm³/mol. The number of nitrogens with two attached hydrogens (primary N) is 19. The number of nitrogen functional groups attached to an aromatic ring is 14. The maximum absolute atomic E-state index is 12.4. The van der Waals surface area contributed by atoms with Gasteiger partial charge in [-0.25, -0.2) is 74.5 Å². The number of carbonyl (C=O) groups is 7. The Hall–Kier alpha value is -11.2. The van der Waals surface area contributed by atoms with E-state index in [1.54, 1.807) is 12.5 Å². The van der Waals surface area contributed by atoms with E-state index in [9.17, 15) is 33.6 Å². The molecule has 7 aromatic rings. The van der Waals surface area contributed by atoms with Crippen molar-refractivity contribution in [2.45, 2.75) is 129 Å². The van der Waals surface area contributed by atoms with Crippen LogP contribution in [0.1, 0.15) is 203 Å². The normalized spacial score (nSPS) is 11.1. The Morgan fingerprint density at radius 2 is 0.500 bits per heavy atom. The van der Waals surface area contributed by atoms with Crippen molar-refractivity contribution < 1.29 is 33.6 Å². The van der Waals surface area contributed by atoms with Gasteiger partial charge < -0.3 is 130 Å². The summed E-state index contributed by atoms with van der Waals surface area (Å²) in [5, 5.41) is 32.3. The zero-order chi connectivity index (χ0) is 107. The summed E-state index contributed by atoms with van der Waals surface area (Å²) >= 11 is 42.5. The van der Waals surface area contributed by atoms with Gasteiger partial charge in [-0.05, 0) is 95.1 Å². The molecule has 0 spiro atoms. The maximum Gasteiger partial charge on any atom is 0.280 e. The number of unbranched alkanes of at least 4 members (excludes halogenated alkanes) is 14. The van der Waals surface area contributed by atoms with Gasteiger partial charge in [0.1, 0.15) is 0 Å². The van der Waals surface area contributed by atoms with Crippen molar-refractivity contribution in [2.75, 3.05) is 139 Å². The second-order valence-electron chi connectivity index (χ2n) is 27.1. The van der Waals surface area contributed by atoms with Crippen LogP contribution in [0.25, 0.3) is 0 Å². The third kappa shape index (κ3) is 50.6. The first-order chi connectivity index (χ1) is 66.8. The number of hydrogen-bond donors (Lipinski definition) is 30. The summed E-state index contributed by atoms with van der Waals surface area (Å²) < 4.78 is 3.76. The molecule has 7 aromatic heterocycles. The minimum atomic E-state index is -0.678. The van der Waals surface area contributed by atoms with E-state index in [4.69, 9.17) is 184 Å². The lowest BCUT2D eigenvalue weighted by atomic mass is 10.1. The standard InChI is InChI=1S/C21H34Cl2N14O2P2.C21H32Cl2N14O2.C10H17ClN7OP.C7H10ClN6OPS.C7H9ClN6OS.C4H11N.CH6N2.HI/c22-12-16(26)32-14(24)10(30-12)18(38)34-20(36-40)28-8-6-4-2-1-3-5-7-9-29-21(37-41)35-19(39)11-15(25)33-17(27)13(23)31-11;22-12-16(26)34-14(24)10(32-12)18(38)36-20(28)30-8-6-4-2-1-3-5-7-9-31-21(29)37-19(39)11-15(25)35-17(27)13(23)33-11;1-2-3-4-14-10(18-20)17-9(19)5-7(12)16-8(13)6(11)15-5;1-17-7(14-16)13-6(15)2-4(9)12-5(10)3(8)11-2;1-16-7(11)14-6(15)2-4(9)13-5(10)3(8)12-2;1-2-3-4-5;2-1-3;/h1-9,40-41H2,(H4,24,26,32)(H4,25,27,33)(H2,28,34,36,38)(H2,29,35,37,39);1-9H2,(H4,24,26,34)(H4,25,27,35)(H3,28,30,36,38)(H3,29,31,37,39);2-4,20H2,1H3,(H4,12,13,16)(H2,14,17,18,19);16H2,1H3,(H4,9,10,12)(H,13,14,15);1H3,(H4,9,10,13)(H2,11,14,15);2-5H2,1H3;1-3H2;1H. The van der Waals surface area contributed by atoms with Crippen LogP contribution in [-0.2, 0) is 0 Å². The summed E-state index contributed by atoms with van der Waals surface area (Å²) in [6.07, 6.45) is 21.1. The molecule has 0 aliphatic carbocycles. The van der Waals surface area contributed by atoms with Gasteiger partial charge in [-0.3, -0.25) is 95.8 Å². The van der Waals surface area contributed by atoms with Gasteiger partial charge in [0.05, 0.1) is 0 Å². The molecule has 784 valence electrons. The predicted octanol–water partition coefficient (Wildman–Crippen LogP) is 3.33. The number of rotatable bonds is 32. The van der Waals surface area contributed by atoms with Gasteiger partial charge in [0.2, 0.25) is 17.9 Å². The molecule has 49 N–H and O–H groups in total. The minimum absolute atomic E-state index is 0. The number of anilines is 14. The van der Waals surface area contributed by atoms with Crippen molar-refractivity contribution in [3.05, 3.63) is 75.9 Å². The summed E-state index contributed by atoms with van der Waals surface area (Å²) in [6, 6.07) is 0. The van der Waals surface area contributed by atoms with E-state index < -0.39 is 41.4 Å². The number of aromatic nitrogens is 14. The first-order valence-corrected chi connectivity index (χ1v) is 48.6. The number of halogens is 8. The second kappa shape index (κ2) is 73.0. The van der Waals surface area contributed by atoms with Crippen molar-refractivity contribution in [3.8, 4) is 0 Å². The van der Waals surface area contributed by atoms with Gasteiger partial charge in [0.25, 0.3) is 41.4 Å². The van der Waals surface area contributed by atoms with Crippen molar-refractivity contribution in [3.63, 3.8) is 0 Å². The molecule has 0 aromatic carbocycles. The zero-order valence-electron chi connectivity index (χ0n) is 77.1. The number of nitrogens with zero attached hydrogens (tertiary/aromatic N) is 20. The van der Waals surface area contributed by atoms with Crippen LogP contribution in [0.15, 0.2) is 29.7 Å². The molecule has 0 saturated carbocycles. The first kappa shape index (κ1) is 131. The van der Waals surface area contributed by atoms with Crippen LogP contribution in [0.5, 0.6) is 0 Å². The number of carbonyl (C=O) groups excluding carboxylic acids is 7. The fraction of sp³-hybridized carbons (Fsp3) is 0.408. The highest BCUT2D eigenvalue weighted by molar-refractivity contribution is 14.0. The van der Waals surface area contributed by atoms with Crippen LogP contribution in [0.3, 0.4) is 0 Å². The Morgan fingerprint density at radius 3 is 0.690 bits per heavy atom. The monoisotopic (exact) mass is 2340 g/mol. The van der Waals surface area contributed by atoms with E-state index in [2.05, 4.69) is 215 Å². The van der Waals surface area contributed by atoms with Crippen molar-refractivity contribution in [2.24, 2.45) is 58.4 Å². The van der Waals surface area contributed by atoms with E-state index in [0.717, 1.165) is 121 Å². The Bertz CT molecular complexity index is 5320. The number of amides is 7. The van der Waals surface area contributed by atoms with Crippen molar-refractivity contribution in [1.29, 1.82) is 5.41 Å². The fourth-order valence-electron chi connectivity index (χ4n) is 9.61. The van der Waals surface area contributed by atoms with E-state index in [1.807, 2.05) is 0 Å². The Morgan fingerprint density at radius 1 is 0.303 bits per heavy atom. The Balaban J connectivity index is 0.00000180. The van der Waals surface area contributed by atoms with Gasteiger partial charge in [0.15, 0.2) is 180 Å². The number of nitrogens with one attached hydrogen (secondary N) is 11. The molecule has 0 bridgehead atoms. The van der Waals surface area contributed by atoms with Crippen LogP contribution in [-0.4, -0.2) is 210 Å². The lowest BCUT2D eigenvalue weighted by molar-refractivity contribution is 0.0963. The lowest BCUT2D eigenvalue weighted by Gasteiger charge is -2.10. The molecule has 7 rings (SSSR count). The van der Waals surface area contributed by atoms with Gasteiger partial charge in [-0.2, -0.15) is 0 Å². The number of hydrogen-bond acceptors (Lipinski definition) is 47. The number of thioether (sulfide) groups is 2. The average molecular weight is 2350 g/mol. The highest BCUT2D eigenvalue weighted by Crippen LogP contribution is 2.25. The first-order valence-electron chi connectivity index (χ1n) is 41.3.